The van der Waals surface area contributed by atoms with Crippen LogP contribution in [0.4, 0.5) is 0 Å². The molecule has 64 valence electrons. The van der Waals surface area contributed by atoms with Crippen LogP contribution in [0.5, 0.6) is 0 Å². The van der Waals surface area contributed by atoms with Gasteiger partial charge in [-0.25, -0.2) is 0 Å². The van der Waals surface area contributed by atoms with E-state index in [-0.39, 0.29) is 0 Å². The summed E-state index contributed by atoms with van der Waals surface area (Å²) in [6.45, 7) is 3.79. The molecule has 1 rings (SSSR count). The van der Waals surface area contributed by atoms with Crippen molar-refractivity contribution in [3.8, 4) is 0 Å². The van der Waals surface area contributed by atoms with Gasteiger partial charge in [0.25, 0.3) is 0 Å². The van der Waals surface area contributed by atoms with Gasteiger partial charge < -0.3 is 5.32 Å². The number of nitrogens with one attached hydrogen (secondary N) is 1. The lowest BCUT2D eigenvalue weighted by molar-refractivity contribution is 0.297. The van der Waals surface area contributed by atoms with Gasteiger partial charge in [-0.15, -0.1) is 6.58 Å². The Morgan fingerprint density at radius 2 is 2.36 bits per heavy atom. The van der Waals surface area contributed by atoms with Crippen LogP contribution in [0.2, 0.25) is 0 Å². The first-order valence-corrected chi connectivity index (χ1v) is 4.65. The minimum absolute atomic E-state index is 0.772. The maximum absolute atomic E-state index is 3.79. The van der Waals surface area contributed by atoms with Gasteiger partial charge in [-0.1, -0.05) is 18.9 Å². The summed E-state index contributed by atoms with van der Waals surface area (Å²) in [5, 5.41) is 3.36. The Bertz CT molecular complexity index is 120. The van der Waals surface area contributed by atoms with Crippen molar-refractivity contribution in [3.05, 3.63) is 12.7 Å². The van der Waals surface area contributed by atoms with Gasteiger partial charge in [0.1, 0.15) is 0 Å². The first kappa shape index (κ1) is 8.79. The van der Waals surface area contributed by atoms with Crippen molar-refractivity contribution >= 4 is 0 Å². The zero-order chi connectivity index (χ0) is 8.10. The maximum Gasteiger partial charge on any atom is 0.00668 e. The molecule has 1 N–H and O–H groups in total. The lowest BCUT2D eigenvalue weighted by Gasteiger charge is -2.27. The number of rotatable bonds is 3. The molecule has 1 heteroatoms. The molecular formula is C10H19N. The van der Waals surface area contributed by atoms with Crippen LogP contribution in [0, 0.1) is 5.92 Å². The van der Waals surface area contributed by atoms with Crippen LogP contribution in [0.1, 0.15) is 32.1 Å². The number of hydrogen-bond donors (Lipinski definition) is 1. The van der Waals surface area contributed by atoms with Crippen molar-refractivity contribution in [2.45, 2.75) is 38.1 Å². The zero-order valence-electron chi connectivity index (χ0n) is 7.47. The van der Waals surface area contributed by atoms with Gasteiger partial charge in [0.05, 0.1) is 0 Å². The second-order valence-electron chi connectivity index (χ2n) is 3.54. The molecule has 1 nitrogen and oxygen atoms in total. The molecule has 1 fully saturated rings. The van der Waals surface area contributed by atoms with Crippen molar-refractivity contribution in [3.63, 3.8) is 0 Å². The molecule has 0 aliphatic heterocycles. The smallest absolute Gasteiger partial charge is 0.00668 e. The van der Waals surface area contributed by atoms with E-state index in [0.29, 0.717) is 0 Å². The highest BCUT2D eigenvalue weighted by molar-refractivity contribution is 4.81. The third kappa shape index (κ3) is 2.66. The summed E-state index contributed by atoms with van der Waals surface area (Å²) < 4.78 is 0. The summed E-state index contributed by atoms with van der Waals surface area (Å²) in [5.74, 6) is 0.902. The molecule has 0 radical (unpaired) electrons. The predicted octanol–water partition coefficient (Wildman–Crippen LogP) is 2.34. The molecular weight excluding hydrogens is 134 g/mol. The third-order valence-corrected chi connectivity index (χ3v) is 2.69. The van der Waals surface area contributed by atoms with Crippen LogP contribution >= 0.6 is 0 Å². The van der Waals surface area contributed by atoms with Gasteiger partial charge in [-0.05, 0) is 32.2 Å². The molecule has 1 aliphatic rings. The molecule has 0 aromatic rings. The monoisotopic (exact) mass is 153 g/mol. The second-order valence-corrected chi connectivity index (χ2v) is 3.54. The molecule has 0 saturated heterocycles. The fraction of sp³-hybridized carbons (Fsp3) is 0.800. The summed E-state index contributed by atoms with van der Waals surface area (Å²) in [5.41, 5.74) is 0. The van der Waals surface area contributed by atoms with Crippen LogP contribution in [-0.2, 0) is 0 Å². The molecule has 0 amide bonds. The minimum atomic E-state index is 0.772. The third-order valence-electron chi connectivity index (χ3n) is 2.69. The van der Waals surface area contributed by atoms with Crippen LogP contribution in [0.25, 0.3) is 0 Å². The standard InChI is InChI=1S/C10H19N/c1-3-5-9-6-4-7-10(8-9)11-2/h3,9-11H,1,4-8H2,2H3. The van der Waals surface area contributed by atoms with Crippen molar-refractivity contribution in [2.24, 2.45) is 5.92 Å². The zero-order valence-corrected chi connectivity index (χ0v) is 7.47. The van der Waals surface area contributed by atoms with Gasteiger partial charge in [-0.2, -0.15) is 0 Å². The Kier molecular flexibility index (Phi) is 3.64. The van der Waals surface area contributed by atoms with E-state index in [1.807, 2.05) is 0 Å². The first-order chi connectivity index (χ1) is 5.36. The van der Waals surface area contributed by atoms with Crippen LogP contribution in [-0.4, -0.2) is 13.1 Å². The molecule has 0 heterocycles. The molecule has 2 atom stereocenters. The Hall–Kier alpha value is -0.300. The van der Waals surface area contributed by atoms with Crippen molar-refractivity contribution in [1.82, 2.24) is 5.32 Å². The summed E-state index contributed by atoms with van der Waals surface area (Å²) in [6.07, 6.45) is 8.78. The molecule has 0 bridgehead atoms. The van der Waals surface area contributed by atoms with E-state index in [4.69, 9.17) is 0 Å². The second kappa shape index (κ2) is 4.55. The van der Waals surface area contributed by atoms with Gasteiger partial charge in [-0.3, -0.25) is 0 Å². The molecule has 0 spiro atoms. The van der Waals surface area contributed by atoms with Crippen LogP contribution in [0.15, 0.2) is 12.7 Å². The van der Waals surface area contributed by atoms with E-state index in [1.165, 1.54) is 32.1 Å². The maximum atomic E-state index is 3.79. The molecule has 1 saturated carbocycles. The molecule has 2 unspecified atom stereocenters. The SMILES string of the molecule is C=CCC1CCCC(NC)C1. The Morgan fingerprint density at radius 3 is 3.00 bits per heavy atom. The van der Waals surface area contributed by atoms with Gasteiger partial charge in [0.15, 0.2) is 0 Å². The Morgan fingerprint density at radius 1 is 1.55 bits per heavy atom. The Labute approximate surface area is 69.9 Å². The van der Waals surface area contributed by atoms with Gasteiger partial charge in [0, 0.05) is 6.04 Å². The van der Waals surface area contributed by atoms with E-state index in [2.05, 4.69) is 25.0 Å². The molecule has 0 aromatic heterocycles. The van der Waals surface area contributed by atoms with Gasteiger partial charge in [0.2, 0.25) is 0 Å². The van der Waals surface area contributed by atoms with E-state index >= 15 is 0 Å². The minimum Gasteiger partial charge on any atom is -0.317 e. The summed E-state index contributed by atoms with van der Waals surface area (Å²) in [6, 6.07) is 0.772. The van der Waals surface area contributed by atoms with Crippen LogP contribution in [0.3, 0.4) is 0 Å². The van der Waals surface area contributed by atoms with Crippen molar-refractivity contribution in [2.75, 3.05) is 7.05 Å². The number of hydrogen-bond acceptors (Lipinski definition) is 1. The molecule has 1 aliphatic carbocycles. The van der Waals surface area contributed by atoms with E-state index in [0.717, 1.165) is 12.0 Å². The quantitative estimate of drug-likeness (QED) is 0.614. The molecule has 0 aromatic carbocycles. The highest BCUT2D eigenvalue weighted by Crippen LogP contribution is 2.26. The summed E-state index contributed by atoms with van der Waals surface area (Å²) >= 11 is 0. The average molecular weight is 153 g/mol. The highest BCUT2D eigenvalue weighted by atomic mass is 14.9. The van der Waals surface area contributed by atoms with E-state index < -0.39 is 0 Å². The highest BCUT2D eigenvalue weighted by Gasteiger charge is 2.18. The van der Waals surface area contributed by atoms with Crippen molar-refractivity contribution in [1.29, 1.82) is 0 Å². The fourth-order valence-electron chi connectivity index (χ4n) is 2.00. The van der Waals surface area contributed by atoms with Crippen LogP contribution < -0.4 is 5.32 Å². The lowest BCUT2D eigenvalue weighted by atomic mass is 9.84. The number of allylic oxidation sites excluding steroid dienone is 1. The molecule has 11 heavy (non-hydrogen) atoms. The lowest BCUT2D eigenvalue weighted by Crippen LogP contribution is -2.31. The van der Waals surface area contributed by atoms with E-state index in [1.54, 1.807) is 0 Å². The fourth-order valence-corrected chi connectivity index (χ4v) is 2.00. The van der Waals surface area contributed by atoms with Crippen molar-refractivity contribution < 1.29 is 0 Å². The topological polar surface area (TPSA) is 12.0 Å². The predicted molar refractivity (Wildman–Crippen MR) is 49.6 cm³/mol. The Balaban J connectivity index is 2.27. The summed E-state index contributed by atoms with van der Waals surface area (Å²) in [7, 11) is 2.07. The average Bonchev–Trinajstić information content (AvgIpc) is 2.06. The van der Waals surface area contributed by atoms with E-state index in [9.17, 15) is 0 Å². The summed E-state index contributed by atoms with van der Waals surface area (Å²) in [4.78, 5) is 0. The normalized spacial score (nSPS) is 31.7. The van der Waals surface area contributed by atoms with Gasteiger partial charge >= 0.3 is 0 Å². The first-order valence-electron chi connectivity index (χ1n) is 4.65. The largest absolute Gasteiger partial charge is 0.317 e.